The van der Waals surface area contributed by atoms with Crippen molar-refractivity contribution in [1.82, 2.24) is 0 Å². The van der Waals surface area contributed by atoms with Gasteiger partial charge in [0.1, 0.15) is 11.5 Å². The SMILES string of the molecule is CC(C)(C)CCCNc1c(F)cc(F)cc1F. The van der Waals surface area contributed by atoms with E-state index in [1.54, 1.807) is 0 Å². The van der Waals surface area contributed by atoms with Crippen LogP contribution in [-0.2, 0) is 0 Å². The van der Waals surface area contributed by atoms with Crippen LogP contribution in [0.4, 0.5) is 18.9 Å². The minimum absolute atomic E-state index is 0.196. The van der Waals surface area contributed by atoms with Gasteiger partial charge in [-0.2, -0.15) is 0 Å². The Morgan fingerprint density at radius 3 is 2.06 bits per heavy atom. The highest BCUT2D eigenvalue weighted by Gasteiger charge is 2.12. The van der Waals surface area contributed by atoms with Crippen molar-refractivity contribution in [2.24, 2.45) is 5.41 Å². The molecule has 1 nitrogen and oxygen atoms in total. The second-order valence-corrected chi connectivity index (χ2v) is 5.34. The third kappa shape index (κ3) is 4.67. The van der Waals surface area contributed by atoms with Crippen LogP contribution in [0, 0.1) is 22.9 Å². The molecule has 0 saturated carbocycles. The van der Waals surface area contributed by atoms with Crippen LogP contribution in [0.5, 0.6) is 0 Å². The Bertz CT molecular complexity index is 360. The average Bonchev–Trinajstić information content (AvgIpc) is 2.13. The molecular weight excluding hydrogens is 227 g/mol. The van der Waals surface area contributed by atoms with Crippen LogP contribution in [0.1, 0.15) is 33.6 Å². The van der Waals surface area contributed by atoms with E-state index >= 15 is 0 Å². The maximum atomic E-state index is 13.2. The fourth-order valence-electron chi connectivity index (χ4n) is 1.54. The summed E-state index contributed by atoms with van der Waals surface area (Å²) in [4.78, 5) is 0. The van der Waals surface area contributed by atoms with Crippen molar-refractivity contribution in [1.29, 1.82) is 0 Å². The molecule has 0 atom stereocenters. The van der Waals surface area contributed by atoms with Crippen molar-refractivity contribution in [2.75, 3.05) is 11.9 Å². The summed E-state index contributed by atoms with van der Waals surface area (Å²) in [6.07, 6.45) is 1.75. The summed E-state index contributed by atoms with van der Waals surface area (Å²) in [5.41, 5.74) is -0.0537. The molecule has 0 aliphatic carbocycles. The van der Waals surface area contributed by atoms with Crippen LogP contribution in [0.2, 0.25) is 0 Å². The number of halogens is 3. The van der Waals surface area contributed by atoms with E-state index < -0.39 is 17.5 Å². The molecule has 0 fully saturated rings. The number of benzene rings is 1. The third-order valence-electron chi connectivity index (χ3n) is 2.41. The highest BCUT2D eigenvalue weighted by molar-refractivity contribution is 5.46. The van der Waals surface area contributed by atoms with E-state index in [9.17, 15) is 13.2 Å². The predicted octanol–water partition coefficient (Wildman–Crippen LogP) is 4.34. The van der Waals surface area contributed by atoms with E-state index in [1.165, 1.54) is 0 Å². The van der Waals surface area contributed by atoms with Gasteiger partial charge in [-0.05, 0) is 18.3 Å². The fraction of sp³-hybridized carbons (Fsp3) is 0.538. The van der Waals surface area contributed by atoms with Gasteiger partial charge in [-0.15, -0.1) is 0 Å². The van der Waals surface area contributed by atoms with Crippen LogP contribution >= 0.6 is 0 Å². The van der Waals surface area contributed by atoms with Gasteiger partial charge in [-0.25, -0.2) is 13.2 Å². The summed E-state index contributed by atoms with van der Waals surface area (Å²) >= 11 is 0. The molecule has 96 valence electrons. The van der Waals surface area contributed by atoms with Gasteiger partial charge < -0.3 is 5.32 Å². The fourth-order valence-corrected chi connectivity index (χ4v) is 1.54. The minimum Gasteiger partial charge on any atom is -0.380 e. The van der Waals surface area contributed by atoms with Gasteiger partial charge in [-0.3, -0.25) is 0 Å². The molecule has 1 rings (SSSR count). The van der Waals surface area contributed by atoms with Gasteiger partial charge in [0.25, 0.3) is 0 Å². The Labute approximate surface area is 100 Å². The Balaban J connectivity index is 2.53. The summed E-state index contributed by atoms with van der Waals surface area (Å²) in [6, 6.07) is 1.35. The van der Waals surface area contributed by atoms with Gasteiger partial charge in [0.2, 0.25) is 0 Å². The van der Waals surface area contributed by atoms with Crippen molar-refractivity contribution in [3.8, 4) is 0 Å². The molecule has 0 spiro atoms. The standard InChI is InChI=1S/C13H18F3N/c1-13(2,3)5-4-6-17-12-10(15)7-9(14)8-11(12)16/h7-8,17H,4-6H2,1-3H3. The lowest BCUT2D eigenvalue weighted by Gasteiger charge is -2.18. The van der Waals surface area contributed by atoms with E-state index in [0.717, 1.165) is 12.8 Å². The lowest BCUT2D eigenvalue weighted by Crippen LogP contribution is -2.11. The molecule has 1 aromatic carbocycles. The Hall–Kier alpha value is -1.19. The molecule has 0 radical (unpaired) electrons. The molecule has 0 aromatic heterocycles. The second-order valence-electron chi connectivity index (χ2n) is 5.34. The molecule has 0 bridgehead atoms. The topological polar surface area (TPSA) is 12.0 Å². The summed E-state index contributed by atoms with van der Waals surface area (Å²) in [5, 5.41) is 2.66. The van der Waals surface area contributed by atoms with E-state index in [2.05, 4.69) is 26.1 Å². The maximum Gasteiger partial charge on any atom is 0.152 e. The summed E-state index contributed by atoms with van der Waals surface area (Å²) in [5.74, 6) is -2.68. The molecule has 0 aliphatic rings. The largest absolute Gasteiger partial charge is 0.380 e. The van der Waals surface area contributed by atoms with E-state index in [-0.39, 0.29) is 11.1 Å². The highest BCUT2D eigenvalue weighted by Crippen LogP contribution is 2.22. The lowest BCUT2D eigenvalue weighted by molar-refractivity contribution is 0.370. The van der Waals surface area contributed by atoms with E-state index in [1.807, 2.05) is 0 Å². The van der Waals surface area contributed by atoms with Crippen LogP contribution in [0.15, 0.2) is 12.1 Å². The normalized spacial score (nSPS) is 11.6. The molecular formula is C13H18F3N. The molecule has 0 aliphatic heterocycles. The molecule has 17 heavy (non-hydrogen) atoms. The zero-order chi connectivity index (χ0) is 13.1. The van der Waals surface area contributed by atoms with E-state index in [0.29, 0.717) is 18.7 Å². The number of anilines is 1. The number of nitrogens with one attached hydrogen (secondary N) is 1. The van der Waals surface area contributed by atoms with Crippen LogP contribution < -0.4 is 5.32 Å². The molecule has 0 amide bonds. The summed E-state index contributed by atoms with van der Waals surface area (Å²) in [6.45, 7) is 6.78. The molecule has 0 unspecified atom stereocenters. The van der Waals surface area contributed by atoms with Gasteiger partial charge in [0.15, 0.2) is 11.6 Å². The number of rotatable bonds is 4. The van der Waals surface area contributed by atoms with E-state index in [4.69, 9.17) is 0 Å². The summed E-state index contributed by atoms with van der Waals surface area (Å²) < 4.78 is 39.1. The first kappa shape index (κ1) is 13.9. The van der Waals surface area contributed by atoms with Crippen LogP contribution in [0.25, 0.3) is 0 Å². The number of hydrogen-bond donors (Lipinski definition) is 1. The zero-order valence-electron chi connectivity index (χ0n) is 10.4. The van der Waals surface area contributed by atoms with Gasteiger partial charge in [0.05, 0.1) is 0 Å². The van der Waals surface area contributed by atoms with Crippen LogP contribution in [-0.4, -0.2) is 6.54 Å². The zero-order valence-corrected chi connectivity index (χ0v) is 10.4. The lowest BCUT2D eigenvalue weighted by atomic mass is 9.91. The van der Waals surface area contributed by atoms with Crippen molar-refractivity contribution in [3.05, 3.63) is 29.6 Å². The maximum absolute atomic E-state index is 13.2. The average molecular weight is 245 g/mol. The van der Waals surface area contributed by atoms with Crippen molar-refractivity contribution < 1.29 is 13.2 Å². The van der Waals surface area contributed by atoms with Gasteiger partial charge >= 0.3 is 0 Å². The van der Waals surface area contributed by atoms with Crippen molar-refractivity contribution in [3.63, 3.8) is 0 Å². The molecule has 0 heterocycles. The highest BCUT2D eigenvalue weighted by atomic mass is 19.1. The van der Waals surface area contributed by atoms with Crippen molar-refractivity contribution >= 4 is 5.69 Å². The molecule has 4 heteroatoms. The Morgan fingerprint density at radius 1 is 1.06 bits per heavy atom. The molecule has 1 N–H and O–H groups in total. The Morgan fingerprint density at radius 2 is 1.59 bits per heavy atom. The third-order valence-corrected chi connectivity index (χ3v) is 2.41. The molecule has 1 aromatic rings. The minimum atomic E-state index is -0.903. The predicted molar refractivity (Wildman–Crippen MR) is 63.5 cm³/mol. The Kier molecular flexibility index (Phi) is 4.43. The monoisotopic (exact) mass is 245 g/mol. The smallest absolute Gasteiger partial charge is 0.152 e. The van der Waals surface area contributed by atoms with Gasteiger partial charge in [0, 0.05) is 18.7 Å². The first-order valence-electron chi connectivity index (χ1n) is 5.68. The quantitative estimate of drug-likeness (QED) is 0.778. The first-order chi connectivity index (χ1) is 7.79. The van der Waals surface area contributed by atoms with Gasteiger partial charge in [-0.1, -0.05) is 20.8 Å². The second kappa shape index (κ2) is 5.43. The van der Waals surface area contributed by atoms with Crippen LogP contribution in [0.3, 0.4) is 0 Å². The molecule has 0 saturated heterocycles. The summed E-state index contributed by atoms with van der Waals surface area (Å²) in [7, 11) is 0. The first-order valence-corrected chi connectivity index (χ1v) is 5.68. The van der Waals surface area contributed by atoms with Crippen molar-refractivity contribution in [2.45, 2.75) is 33.6 Å². The number of hydrogen-bond acceptors (Lipinski definition) is 1.